The number of hydrogen-bond acceptors (Lipinski definition) is 3. The summed E-state index contributed by atoms with van der Waals surface area (Å²) in [6.45, 7) is 1.79. The topological polar surface area (TPSA) is 43.4 Å². The summed E-state index contributed by atoms with van der Waals surface area (Å²) in [5.74, 6) is -0.484. The Hall–Kier alpha value is -1.64. The van der Waals surface area contributed by atoms with E-state index in [1.807, 2.05) is 13.0 Å². The van der Waals surface area contributed by atoms with Crippen molar-refractivity contribution in [3.8, 4) is 0 Å². The summed E-state index contributed by atoms with van der Waals surface area (Å²) in [6, 6.07) is 8.65. The lowest BCUT2D eigenvalue weighted by Crippen LogP contribution is -2.13. The van der Waals surface area contributed by atoms with Crippen molar-refractivity contribution in [2.45, 2.75) is 19.8 Å². The van der Waals surface area contributed by atoms with Crippen molar-refractivity contribution in [3.05, 3.63) is 35.9 Å². The number of hydrogen-bond donors (Lipinski definition) is 0. The largest absolute Gasteiger partial charge is 0.454 e. The van der Waals surface area contributed by atoms with Crippen molar-refractivity contribution in [1.82, 2.24) is 0 Å². The van der Waals surface area contributed by atoms with Gasteiger partial charge in [0, 0.05) is 6.42 Å². The minimum atomic E-state index is -0.444. The lowest BCUT2D eigenvalue weighted by Gasteiger charge is -2.02. The van der Waals surface area contributed by atoms with Gasteiger partial charge in [0.05, 0.1) is 5.56 Å². The number of ketones is 1. The first-order valence-electron chi connectivity index (χ1n) is 4.98. The summed E-state index contributed by atoms with van der Waals surface area (Å²) < 4.78 is 4.85. The van der Waals surface area contributed by atoms with Gasteiger partial charge in [0.25, 0.3) is 0 Å². The van der Waals surface area contributed by atoms with Gasteiger partial charge in [-0.3, -0.25) is 4.79 Å². The third-order valence-electron chi connectivity index (χ3n) is 1.90. The molecule has 0 spiro atoms. The van der Waals surface area contributed by atoms with Gasteiger partial charge >= 0.3 is 5.97 Å². The number of carbonyl (C=O) groups is 2. The van der Waals surface area contributed by atoms with Crippen LogP contribution in [0.15, 0.2) is 30.3 Å². The van der Waals surface area contributed by atoms with E-state index in [9.17, 15) is 9.59 Å². The van der Waals surface area contributed by atoms with Crippen LogP contribution >= 0.6 is 0 Å². The second-order valence-electron chi connectivity index (χ2n) is 3.23. The van der Waals surface area contributed by atoms with Gasteiger partial charge in [-0.25, -0.2) is 4.79 Å². The van der Waals surface area contributed by atoms with Crippen LogP contribution in [0.25, 0.3) is 0 Å². The molecule has 0 bridgehead atoms. The van der Waals surface area contributed by atoms with Crippen LogP contribution in [0.5, 0.6) is 0 Å². The molecule has 0 fully saturated rings. The Bertz CT molecular complexity index is 330. The van der Waals surface area contributed by atoms with Crippen molar-refractivity contribution in [2.24, 2.45) is 0 Å². The number of ether oxygens (including phenoxy) is 1. The lowest BCUT2D eigenvalue weighted by atomic mass is 10.2. The Balaban J connectivity index is 2.40. The van der Waals surface area contributed by atoms with Crippen LogP contribution in [0.3, 0.4) is 0 Å². The molecule has 3 heteroatoms. The summed E-state index contributed by atoms with van der Waals surface area (Å²) >= 11 is 0. The average Bonchev–Trinajstić information content (AvgIpc) is 2.27. The van der Waals surface area contributed by atoms with Crippen molar-refractivity contribution < 1.29 is 14.3 Å². The maximum Gasteiger partial charge on any atom is 0.338 e. The van der Waals surface area contributed by atoms with Crippen LogP contribution in [0.1, 0.15) is 30.1 Å². The summed E-state index contributed by atoms with van der Waals surface area (Å²) in [7, 11) is 0. The molecule has 0 radical (unpaired) electrons. The zero-order valence-electron chi connectivity index (χ0n) is 8.73. The summed E-state index contributed by atoms with van der Waals surface area (Å²) in [5, 5.41) is 0. The first kappa shape index (κ1) is 11.4. The molecule has 1 aromatic carbocycles. The lowest BCUT2D eigenvalue weighted by molar-refractivity contribution is -0.122. The van der Waals surface area contributed by atoms with Crippen LogP contribution in [-0.4, -0.2) is 18.4 Å². The second kappa shape index (κ2) is 5.96. The molecule has 0 saturated heterocycles. The number of Topliss-reactive ketones (excluding diaryl/α,β-unsaturated/α-hetero) is 1. The Morgan fingerprint density at radius 3 is 2.47 bits per heavy atom. The third-order valence-corrected chi connectivity index (χ3v) is 1.90. The molecule has 1 rings (SSSR count). The zero-order chi connectivity index (χ0) is 11.1. The van der Waals surface area contributed by atoms with Gasteiger partial charge in [-0.1, -0.05) is 25.1 Å². The van der Waals surface area contributed by atoms with E-state index in [1.54, 1.807) is 24.3 Å². The predicted octanol–water partition coefficient (Wildman–Crippen LogP) is 2.21. The number of rotatable bonds is 5. The van der Waals surface area contributed by atoms with Crippen molar-refractivity contribution in [3.63, 3.8) is 0 Å². The summed E-state index contributed by atoms with van der Waals surface area (Å²) in [6.07, 6.45) is 1.24. The van der Waals surface area contributed by atoms with Gasteiger partial charge in [0.15, 0.2) is 5.78 Å². The minimum Gasteiger partial charge on any atom is -0.454 e. The summed E-state index contributed by atoms with van der Waals surface area (Å²) in [4.78, 5) is 22.5. The van der Waals surface area contributed by atoms with Gasteiger partial charge in [0.1, 0.15) is 6.61 Å². The van der Waals surface area contributed by atoms with E-state index in [0.717, 1.165) is 6.42 Å². The van der Waals surface area contributed by atoms with Gasteiger partial charge in [-0.05, 0) is 18.6 Å². The van der Waals surface area contributed by atoms with Crippen LogP contribution < -0.4 is 0 Å². The van der Waals surface area contributed by atoms with Crippen molar-refractivity contribution in [1.29, 1.82) is 0 Å². The van der Waals surface area contributed by atoms with E-state index in [-0.39, 0.29) is 12.4 Å². The van der Waals surface area contributed by atoms with Crippen LogP contribution in [0, 0.1) is 0 Å². The van der Waals surface area contributed by atoms with Gasteiger partial charge in [-0.15, -0.1) is 0 Å². The molecule has 0 aliphatic rings. The molecule has 0 amide bonds. The maximum atomic E-state index is 11.4. The standard InChI is InChI=1S/C12H14O3/c1-2-6-11(13)9-15-12(14)10-7-4-3-5-8-10/h3-5,7-8H,2,6,9H2,1H3. The SMILES string of the molecule is CCCC(=O)COC(=O)c1ccccc1. The highest BCUT2D eigenvalue weighted by Crippen LogP contribution is 2.01. The first-order chi connectivity index (χ1) is 7.24. The van der Waals surface area contributed by atoms with E-state index in [2.05, 4.69) is 0 Å². The normalized spacial score (nSPS) is 9.67. The fourth-order valence-corrected chi connectivity index (χ4v) is 1.15. The molecule has 15 heavy (non-hydrogen) atoms. The molecule has 0 unspecified atom stereocenters. The van der Waals surface area contributed by atoms with Crippen LogP contribution in [-0.2, 0) is 9.53 Å². The van der Waals surface area contributed by atoms with Crippen LogP contribution in [0.4, 0.5) is 0 Å². The number of esters is 1. The van der Waals surface area contributed by atoms with Gasteiger partial charge < -0.3 is 4.74 Å². The highest BCUT2D eigenvalue weighted by Gasteiger charge is 2.08. The van der Waals surface area contributed by atoms with Gasteiger partial charge in [0.2, 0.25) is 0 Å². The molecule has 0 aliphatic carbocycles. The van der Waals surface area contributed by atoms with Crippen molar-refractivity contribution in [2.75, 3.05) is 6.61 Å². The van der Waals surface area contributed by atoms with E-state index >= 15 is 0 Å². The molecule has 80 valence electrons. The van der Waals surface area contributed by atoms with E-state index in [4.69, 9.17) is 4.74 Å². The third kappa shape index (κ3) is 3.94. The Kier molecular flexibility index (Phi) is 4.54. The number of carbonyl (C=O) groups excluding carboxylic acids is 2. The first-order valence-corrected chi connectivity index (χ1v) is 4.98. The average molecular weight is 206 g/mol. The molecule has 0 N–H and O–H groups in total. The fourth-order valence-electron chi connectivity index (χ4n) is 1.15. The fraction of sp³-hybridized carbons (Fsp3) is 0.333. The van der Waals surface area contributed by atoms with Gasteiger partial charge in [-0.2, -0.15) is 0 Å². The second-order valence-corrected chi connectivity index (χ2v) is 3.23. The predicted molar refractivity (Wildman–Crippen MR) is 56.6 cm³/mol. The molecule has 1 aromatic rings. The molecule has 0 heterocycles. The smallest absolute Gasteiger partial charge is 0.338 e. The quantitative estimate of drug-likeness (QED) is 0.694. The molecule has 3 nitrogen and oxygen atoms in total. The Morgan fingerprint density at radius 1 is 1.20 bits per heavy atom. The molecule has 0 aliphatic heterocycles. The Labute approximate surface area is 89.1 Å². The van der Waals surface area contributed by atoms with E-state index in [1.165, 1.54) is 0 Å². The van der Waals surface area contributed by atoms with E-state index in [0.29, 0.717) is 12.0 Å². The van der Waals surface area contributed by atoms with Crippen molar-refractivity contribution >= 4 is 11.8 Å². The highest BCUT2D eigenvalue weighted by molar-refractivity contribution is 5.91. The molecule has 0 saturated carbocycles. The highest BCUT2D eigenvalue weighted by atomic mass is 16.5. The molecule has 0 aromatic heterocycles. The molecular formula is C12H14O3. The molecular weight excluding hydrogens is 192 g/mol. The monoisotopic (exact) mass is 206 g/mol. The molecule has 0 atom stereocenters. The van der Waals surface area contributed by atoms with E-state index < -0.39 is 5.97 Å². The zero-order valence-corrected chi connectivity index (χ0v) is 8.73. The van der Waals surface area contributed by atoms with Crippen LogP contribution in [0.2, 0.25) is 0 Å². The summed E-state index contributed by atoms with van der Waals surface area (Å²) in [5.41, 5.74) is 0.474. The minimum absolute atomic E-state index is 0.0400. The Morgan fingerprint density at radius 2 is 1.87 bits per heavy atom. The maximum absolute atomic E-state index is 11.4. The number of benzene rings is 1.